The Morgan fingerprint density at radius 3 is 2.55 bits per heavy atom. The molecule has 11 heavy (non-hydrogen) atoms. The molecule has 0 aliphatic heterocycles. The van der Waals surface area contributed by atoms with Crippen LogP contribution < -0.4 is 11.3 Å². The molecule has 0 amide bonds. The SMILES string of the molecule is CCC(C)CC(COC)NN. The van der Waals surface area contributed by atoms with Gasteiger partial charge in [-0.25, -0.2) is 0 Å². The van der Waals surface area contributed by atoms with Crippen LogP contribution in [0.25, 0.3) is 0 Å². The molecule has 0 aromatic carbocycles. The van der Waals surface area contributed by atoms with Crippen LogP contribution in [0.2, 0.25) is 0 Å². The van der Waals surface area contributed by atoms with E-state index in [1.54, 1.807) is 7.11 Å². The van der Waals surface area contributed by atoms with Gasteiger partial charge in [0.05, 0.1) is 6.61 Å². The monoisotopic (exact) mass is 160 g/mol. The van der Waals surface area contributed by atoms with E-state index in [1.165, 1.54) is 6.42 Å². The Kier molecular flexibility index (Phi) is 6.51. The predicted molar refractivity (Wildman–Crippen MR) is 47.1 cm³/mol. The van der Waals surface area contributed by atoms with Gasteiger partial charge in [-0.15, -0.1) is 0 Å². The lowest BCUT2D eigenvalue weighted by molar-refractivity contribution is 0.155. The lowest BCUT2D eigenvalue weighted by atomic mass is 10.0. The largest absolute Gasteiger partial charge is 0.383 e. The fourth-order valence-corrected chi connectivity index (χ4v) is 1.04. The van der Waals surface area contributed by atoms with Gasteiger partial charge in [0.2, 0.25) is 0 Å². The average molecular weight is 160 g/mol. The van der Waals surface area contributed by atoms with E-state index in [2.05, 4.69) is 19.3 Å². The molecule has 3 N–H and O–H groups in total. The summed E-state index contributed by atoms with van der Waals surface area (Å²) in [6.45, 7) is 5.10. The third-order valence-electron chi connectivity index (χ3n) is 1.99. The number of nitrogens with one attached hydrogen (secondary N) is 1. The normalized spacial score (nSPS) is 16.4. The lowest BCUT2D eigenvalue weighted by Gasteiger charge is -2.18. The topological polar surface area (TPSA) is 47.3 Å². The van der Waals surface area contributed by atoms with E-state index in [4.69, 9.17) is 10.6 Å². The van der Waals surface area contributed by atoms with Gasteiger partial charge in [0.1, 0.15) is 0 Å². The second kappa shape index (κ2) is 6.58. The third-order valence-corrected chi connectivity index (χ3v) is 1.99. The highest BCUT2D eigenvalue weighted by Gasteiger charge is 2.09. The minimum Gasteiger partial charge on any atom is -0.383 e. The highest BCUT2D eigenvalue weighted by molar-refractivity contribution is 4.65. The van der Waals surface area contributed by atoms with Crippen LogP contribution in [0.4, 0.5) is 0 Å². The molecule has 0 bridgehead atoms. The summed E-state index contributed by atoms with van der Waals surface area (Å²) in [4.78, 5) is 0. The Morgan fingerprint density at radius 2 is 2.18 bits per heavy atom. The zero-order valence-corrected chi connectivity index (χ0v) is 7.76. The second-order valence-electron chi connectivity index (χ2n) is 3.07. The number of rotatable bonds is 6. The molecule has 0 radical (unpaired) electrons. The molecule has 68 valence electrons. The van der Waals surface area contributed by atoms with Gasteiger partial charge in [0, 0.05) is 13.2 Å². The Labute approximate surface area is 69.3 Å². The van der Waals surface area contributed by atoms with Gasteiger partial charge in [-0.3, -0.25) is 11.3 Å². The summed E-state index contributed by atoms with van der Waals surface area (Å²) in [6, 6.07) is 0.301. The molecule has 3 heteroatoms. The van der Waals surface area contributed by atoms with Crippen molar-refractivity contribution >= 4 is 0 Å². The zero-order chi connectivity index (χ0) is 8.69. The van der Waals surface area contributed by atoms with E-state index >= 15 is 0 Å². The molecule has 0 aliphatic carbocycles. The number of nitrogens with two attached hydrogens (primary N) is 1. The van der Waals surface area contributed by atoms with Crippen molar-refractivity contribution in [1.29, 1.82) is 0 Å². The van der Waals surface area contributed by atoms with Crippen LogP contribution in [0, 0.1) is 5.92 Å². The summed E-state index contributed by atoms with van der Waals surface area (Å²) in [5.74, 6) is 6.05. The number of ether oxygens (including phenoxy) is 1. The van der Waals surface area contributed by atoms with Gasteiger partial charge in [-0.1, -0.05) is 20.3 Å². The Hall–Kier alpha value is -0.120. The maximum atomic E-state index is 5.33. The summed E-state index contributed by atoms with van der Waals surface area (Å²) in [5, 5.41) is 0. The smallest absolute Gasteiger partial charge is 0.0629 e. The summed E-state index contributed by atoms with van der Waals surface area (Å²) in [7, 11) is 1.70. The van der Waals surface area contributed by atoms with Gasteiger partial charge in [-0.2, -0.15) is 0 Å². The fourth-order valence-electron chi connectivity index (χ4n) is 1.04. The van der Waals surface area contributed by atoms with Gasteiger partial charge < -0.3 is 4.74 Å². The van der Waals surface area contributed by atoms with Gasteiger partial charge >= 0.3 is 0 Å². The molecule has 0 saturated heterocycles. The first-order valence-electron chi connectivity index (χ1n) is 4.19. The number of methoxy groups -OCH3 is 1. The Balaban J connectivity index is 3.49. The first-order valence-corrected chi connectivity index (χ1v) is 4.19. The minimum absolute atomic E-state index is 0.301. The first kappa shape index (κ1) is 10.9. The molecule has 2 unspecified atom stereocenters. The number of hydrogen-bond donors (Lipinski definition) is 2. The summed E-state index contributed by atoms with van der Waals surface area (Å²) < 4.78 is 5.00. The molecule has 0 fully saturated rings. The Morgan fingerprint density at radius 1 is 1.55 bits per heavy atom. The van der Waals surface area contributed by atoms with Crippen LogP contribution in [0.5, 0.6) is 0 Å². The van der Waals surface area contributed by atoms with Crippen LogP contribution in [-0.2, 0) is 4.74 Å². The second-order valence-corrected chi connectivity index (χ2v) is 3.07. The maximum Gasteiger partial charge on any atom is 0.0629 e. The summed E-state index contributed by atoms with van der Waals surface area (Å²) in [6.07, 6.45) is 2.28. The standard InChI is InChI=1S/C8H20N2O/c1-4-7(2)5-8(10-9)6-11-3/h7-8,10H,4-6,9H2,1-3H3. The van der Waals surface area contributed by atoms with E-state index in [0.717, 1.165) is 6.42 Å². The van der Waals surface area contributed by atoms with Crippen molar-refractivity contribution in [1.82, 2.24) is 5.43 Å². The molecular formula is C8H20N2O. The van der Waals surface area contributed by atoms with Gasteiger partial charge in [0.25, 0.3) is 0 Å². The quantitative estimate of drug-likeness (QED) is 0.448. The first-order chi connectivity index (χ1) is 5.24. The van der Waals surface area contributed by atoms with Crippen molar-refractivity contribution in [2.75, 3.05) is 13.7 Å². The van der Waals surface area contributed by atoms with E-state index < -0.39 is 0 Å². The van der Waals surface area contributed by atoms with E-state index in [-0.39, 0.29) is 0 Å². The van der Waals surface area contributed by atoms with E-state index in [1.807, 2.05) is 0 Å². The van der Waals surface area contributed by atoms with E-state index in [9.17, 15) is 0 Å². The Bertz CT molecular complexity index is 88.2. The minimum atomic E-state index is 0.301. The average Bonchev–Trinajstić information content (AvgIpc) is 2.03. The zero-order valence-electron chi connectivity index (χ0n) is 7.76. The van der Waals surface area contributed by atoms with Crippen LogP contribution in [-0.4, -0.2) is 19.8 Å². The van der Waals surface area contributed by atoms with E-state index in [0.29, 0.717) is 18.6 Å². The van der Waals surface area contributed by atoms with Crippen LogP contribution in [0.1, 0.15) is 26.7 Å². The lowest BCUT2D eigenvalue weighted by Crippen LogP contribution is -2.39. The summed E-state index contributed by atoms with van der Waals surface area (Å²) in [5.41, 5.74) is 2.74. The molecule has 0 aliphatic rings. The van der Waals surface area contributed by atoms with Crippen molar-refractivity contribution in [3.8, 4) is 0 Å². The molecule has 0 aromatic heterocycles. The highest BCUT2D eigenvalue weighted by Crippen LogP contribution is 2.09. The highest BCUT2D eigenvalue weighted by atomic mass is 16.5. The van der Waals surface area contributed by atoms with Crippen molar-refractivity contribution < 1.29 is 4.74 Å². The van der Waals surface area contributed by atoms with Crippen LogP contribution >= 0.6 is 0 Å². The van der Waals surface area contributed by atoms with Crippen molar-refractivity contribution in [2.24, 2.45) is 11.8 Å². The van der Waals surface area contributed by atoms with Crippen LogP contribution in [0.15, 0.2) is 0 Å². The van der Waals surface area contributed by atoms with Crippen molar-refractivity contribution in [3.63, 3.8) is 0 Å². The molecule has 3 nitrogen and oxygen atoms in total. The molecule has 0 rings (SSSR count). The number of hydrogen-bond acceptors (Lipinski definition) is 3. The number of hydrazine groups is 1. The van der Waals surface area contributed by atoms with Gasteiger partial charge in [0.15, 0.2) is 0 Å². The molecule has 0 saturated carbocycles. The van der Waals surface area contributed by atoms with Crippen molar-refractivity contribution in [2.45, 2.75) is 32.7 Å². The van der Waals surface area contributed by atoms with Crippen molar-refractivity contribution in [3.05, 3.63) is 0 Å². The molecule has 2 atom stereocenters. The molecule has 0 heterocycles. The molecule has 0 spiro atoms. The molecule has 0 aromatic rings. The summed E-state index contributed by atoms with van der Waals surface area (Å²) >= 11 is 0. The van der Waals surface area contributed by atoms with Gasteiger partial charge in [-0.05, 0) is 12.3 Å². The predicted octanol–water partition coefficient (Wildman–Crippen LogP) is 0.901. The fraction of sp³-hybridized carbons (Fsp3) is 1.00. The third kappa shape index (κ3) is 5.18. The van der Waals surface area contributed by atoms with Crippen LogP contribution in [0.3, 0.4) is 0 Å². The molecular weight excluding hydrogens is 140 g/mol. The maximum absolute atomic E-state index is 5.33.